The van der Waals surface area contributed by atoms with Gasteiger partial charge in [-0.2, -0.15) is 0 Å². The average molecular weight is 238 g/mol. The summed E-state index contributed by atoms with van der Waals surface area (Å²) in [5.41, 5.74) is 0. The molecule has 0 aromatic rings. The molecule has 0 heterocycles. The van der Waals surface area contributed by atoms with Gasteiger partial charge in [0.1, 0.15) is 0 Å². The number of rotatable bonds is 11. The Balaban J connectivity index is 3.42. The van der Waals surface area contributed by atoms with Gasteiger partial charge >= 0.3 is 0 Å². The maximum atomic E-state index is 2.41. The van der Waals surface area contributed by atoms with E-state index in [2.05, 4.69) is 39.8 Å². The van der Waals surface area contributed by atoms with Crippen molar-refractivity contribution >= 4 is 0 Å². The summed E-state index contributed by atoms with van der Waals surface area (Å²) in [4.78, 5) is 0. The van der Waals surface area contributed by atoms with E-state index in [4.69, 9.17) is 0 Å². The van der Waals surface area contributed by atoms with Crippen LogP contribution in [0.25, 0.3) is 0 Å². The maximum absolute atomic E-state index is 2.41. The predicted octanol–water partition coefficient (Wildman–Crippen LogP) is 6.37. The zero-order valence-electron chi connectivity index (χ0n) is 12.7. The lowest BCUT2D eigenvalue weighted by Gasteiger charge is -2.09. The van der Waals surface area contributed by atoms with Gasteiger partial charge in [0.25, 0.3) is 0 Å². The van der Waals surface area contributed by atoms with Crippen molar-refractivity contribution in [2.75, 3.05) is 0 Å². The summed E-state index contributed by atoms with van der Waals surface area (Å²) in [6.07, 6.45) is 17.1. The molecule has 0 N–H and O–H groups in total. The summed E-state index contributed by atoms with van der Waals surface area (Å²) in [5.74, 6) is 1.75. The van der Waals surface area contributed by atoms with Crippen LogP contribution < -0.4 is 0 Å². The quantitative estimate of drug-likeness (QED) is 0.290. The van der Waals surface area contributed by atoms with Crippen molar-refractivity contribution in [3.63, 3.8) is 0 Å². The smallest absolute Gasteiger partial charge is 0.0325 e. The zero-order valence-corrected chi connectivity index (χ0v) is 12.7. The summed E-state index contributed by atoms with van der Waals surface area (Å²) in [7, 11) is 0. The van der Waals surface area contributed by atoms with Crippen molar-refractivity contribution < 1.29 is 0 Å². The number of hydrogen-bond acceptors (Lipinski definition) is 0. The standard InChI is InChI=1S/C17H34/c1-5-7-8-9-13-17(4)15-11-10-14-16(3)12-6-2/h10-11,16-17H,5-9,12-15H2,1-4H3. The van der Waals surface area contributed by atoms with Crippen LogP contribution >= 0.6 is 0 Å². The summed E-state index contributed by atoms with van der Waals surface area (Å²) in [5, 5.41) is 0. The third-order valence-corrected chi connectivity index (χ3v) is 3.58. The monoisotopic (exact) mass is 238 g/mol. The Morgan fingerprint density at radius 1 is 0.706 bits per heavy atom. The third-order valence-electron chi connectivity index (χ3n) is 3.58. The number of unbranched alkanes of at least 4 members (excludes halogenated alkanes) is 3. The predicted molar refractivity (Wildman–Crippen MR) is 80.4 cm³/mol. The van der Waals surface area contributed by atoms with E-state index in [1.165, 1.54) is 57.8 Å². The Kier molecular flexibility index (Phi) is 12.0. The Labute approximate surface area is 110 Å². The van der Waals surface area contributed by atoms with Crippen LogP contribution in [-0.4, -0.2) is 0 Å². The third kappa shape index (κ3) is 12.0. The van der Waals surface area contributed by atoms with Gasteiger partial charge in [0.2, 0.25) is 0 Å². The van der Waals surface area contributed by atoms with Gasteiger partial charge in [-0.25, -0.2) is 0 Å². The molecule has 0 aliphatic carbocycles. The summed E-state index contributed by atoms with van der Waals surface area (Å²) in [6, 6.07) is 0. The maximum Gasteiger partial charge on any atom is -0.0325 e. The fraction of sp³-hybridized carbons (Fsp3) is 0.882. The van der Waals surface area contributed by atoms with Crippen LogP contribution in [0, 0.1) is 11.8 Å². The zero-order chi connectivity index (χ0) is 12.9. The second-order valence-electron chi connectivity index (χ2n) is 5.79. The molecule has 0 saturated carbocycles. The van der Waals surface area contributed by atoms with E-state index in [0.717, 1.165) is 11.8 Å². The molecule has 0 rings (SSSR count). The first kappa shape index (κ1) is 16.7. The largest absolute Gasteiger partial charge is 0.0883 e. The highest BCUT2D eigenvalue weighted by atomic mass is 14.1. The van der Waals surface area contributed by atoms with E-state index in [1.54, 1.807) is 0 Å². The molecular weight excluding hydrogens is 204 g/mol. The van der Waals surface area contributed by atoms with Crippen molar-refractivity contribution in [3.05, 3.63) is 12.2 Å². The normalized spacial score (nSPS) is 15.3. The van der Waals surface area contributed by atoms with Crippen molar-refractivity contribution in [1.82, 2.24) is 0 Å². The summed E-state index contributed by atoms with van der Waals surface area (Å²) in [6.45, 7) is 9.32. The van der Waals surface area contributed by atoms with Crippen molar-refractivity contribution in [1.29, 1.82) is 0 Å². The molecule has 0 aromatic carbocycles. The van der Waals surface area contributed by atoms with Gasteiger partial charge in [-0.05, 0) is 24.7 Å². The first-order valence-corrected chi connectivity index (χ1v) is 7.85. The lowest BCUT2D eigenvalue weighted by Crippen LogP contribution is -1.94. The molecule has 0 fully saturated rings. The van der Waals surface area contributed by atoms with Crippen molar-refractivity contribution in [2.24, 2.45) is 11.8 Å². The van der Waals surface area contributed by atoms with Gasteiger partial charge in [-0.1, -0.05) is 84.8 Å². The molecule has 102 valence electrons. The Bertz CT molecular complexity index is 169. The highest BCUT2D eigenvalue weighted by Crippen LogP contribution is 2.15. The van der Waals surface area contributed by atoms with E-state index < -0.39 is 0 Å². The van der Waals surface area contributed by atoms with E-state index in [0.29, 0.717) is 0 Å². The van der Waals surface area contributed by atoms with Crippen molar-refractivity contribution in [2.45, 2.75) is 85.5 Å². The average Bonchev–Trinajstić information content (AvgIpc) is 2.31. The molecule has 0 bridgehead atoms. The molecule has 2 atom stereocenters. The molecule has 2 unspecified atom stereocenters. The van der Waals surface area contributed by atoms with E-state index >= 15 is 0 Å². The molecule has 0 spiro atoms. The van der Waals surface area contributed by atoms with E-state index in [1.807, 2.05) is 0 Å². The van der Waals surface area contributed by atoms with Gasteiger partial charge < -0.3 is 0 Å². The number of allylic oxidation sites excluding steroid dienone is 2. The first-order valence-electron chi connectivity index (χ1n) is 7.85. The minimum Gasteiger partial charge on any atom is -0.0883 e. The summed E-state index contributed by atoms with van der Waals surface area (Å²) >= 11 is 0. The Hall–Kier alpha value is -0.260. The fourth-order valence-electron chi connectivity index (χ4n) is 2.31. The van der Waals surface area contributed by atoms with Crippen LogP contribution in [0.2, 0.25) is 0 Å². The second-order valence-corrected chi connectivity index (χ2v) is 5.79. The molecule has 0 aromatic heterocycles. The summed E-state index contributed by atoms with van der Waals surface area (Å²) < 4.78 is 0. The van der Waals surface area contributed by atoms with E-state index in [9.17, 15) is 0 Å². The fourth-order valence-corrected chi connectivity index (χ4v) is 2.31. The minimum absolute atomic E-state index is 0.871. The van der Waals surface area contributed by atoms with Crippen LogP contribution in [0.3, 0.4) is 0 Å². The van der Waals surface area contributed by atoms with Crippen LogP contribution in [0.4, 0.5) is 0 Å². The van der Waals surface area contributed by atoms with Crippen LogP contribution in [-0.2, 0) is 0 Å². The molecule has 17 heavy (non-hydrogen) atoms. The van der Waals surface area contributed by atoms with Gasteiger partial charge in [0.15, 0.2) is 0 Å². The molecule has 0 radical (unpaired) electrons. The van der Waals surface area contributed by atoms with Gasteiger partial charge in [0.05, 0.1) is 0 Å². The van der Waals surface area contributed by atoms with Crippen LogP contribution in [0.1, 0.15) is 85.5 Å². The Morgan fingerprint density at radius 2 is 1.29 bits per heavy atom. The molecule has 0 nitrogen and oxygen atoms in total. The van der Waals surface area contributed by atoms with Gasteiger partial charge in [-0.3, -0.25) is 0 Å². The molecule has 0 aliphatic heterocycles. The molecule has 0 heteroatoms. The molecule has 0 amide bonds. The second kappa shape index (κ2) is 12.2. The molecule has 0 saturated heterocycles. The lowest BCUT2D eigenvalue weighted by atomic mass is 9.98. The lowest BCUT2D eigenvalue weighted by molar-refractivity contribution is 0.491. The van der Waals surface area contributed by atoms with E-state index in [-0.39, 0.29) is 0 Å². The Morgan fingerprint density at radius 3 is 1.82 bits per heavy atom. The highest BCUT2D eigenvalue weighted by Gasteiger charge is 2.00. The van der Waals surface area contributed by atoms with Crippen LogP contribution in [0.15, 0.2) is 12.2 Å². The van der Waals surface area contributed by atoms with Crippen molar-refractivity contribution in [3.8, 4) is 0 Å². The minimum atomic E-state index is 0.871. The highest BCUT2D eigenvalue weighted by molar-refractivity contribution is 4.84. The van der Waals surface area contributed by atoms with Crippen LogP contribution in [0.5, 0.6) is 0 Å². The molecular formula is C17H34. The molecule has 0 aliphatic rings. The van der Waals surface area contributed by atoms with Gasteiger partial charge in [-0.15, -0.1) is 0 Å². The number of hydrogen-bond donors (Lipinski definition) is 0. The topological polar surface area (TPSA) is 0 Å². The SMILES string of the molecule is CCCCCCC(C)CC=CCC(C)CCC. The first-order chi connectivity index (χ1) is 8.20. The van der Waals surface area contributed by atoms with Gasteiger partial charge in [0, 0.05) is 0 Å².